The highest BCUT2D eigenvalue weighted by Crippen LogP contribution is 2.62. The molecule has 206 valence electrons. The fraction of sp³-hybridized carbons (Fsp3) is 0.485. The van der Waals surface area contributed by atoms with Gasteiger partial charge in [-0.25, -0.2) is 9.07 Å². The molecule has 2 fully saturated rings. The highest BCUT2D eigenvalue weighted by molar-refractivity contribution is 5.40. The zero-order chi connectivity index (χ0) is 27.4. The molecule has 3 aliphatic rings. The first-order valence-electron chi connectivity index (χ1n) is 14.4. The fourth-order valence-electron chi connectivity index (χ4n) is 8.27. The third-order valence-corrected chi connectivity index (χ3v) is 10.7. The van der Waals surface area contributed by atoms with E-state index >= 15 is 0 Å². The number of ether oxygens (including phenoxy) is 1. The molecule has 0 spiro atoms. The number of nitrogens with two attached hydrogens (primary N) is 1. The van der Waals surface area contributed by atoms with Gasteiger partial charge in [0.05, 0.1) is 11.4 Å². The van der Waals surface area contributed by atoms with Gasteiger partial charge in [-0.1, -0.05) is 26.0 Å². The summed E-state index contributed by atoms with van der Waals surface area (Å²) in [5.41, 5.74) is 11.4. The molecule has 6 rings (SSSR count). The highest BCUT2D eigenvalue weighted by Gasteiger charge is 2.56. The molecule has 1 aromatic heterocycles. The van der Waals surface area contributed by atoms with Crippen molar-refractivity contribution in [1.29, 1.82) is 0 Å². The molecular weight excluding hydrogens is 489 g/mol. The average Bonchev–Trinajstić information content (AvgIpc) is 3.48. The predicted octanol–water partition coefficient (Wildman–Crippen LogP) is 6.47. The normalized spacial score (nSPS) is 32.1. The minimum atomic E-state index is -0.287. The summed E-state index contributed by atoms with van der Waals surface area (Å²) in [6, 6.07) is 13.8. The van der Waals surface area contributed by atoms with E-state index in [1.165, 1.54) is 36.1 Å². The van der Waals surface area contributed by atoms with E-state index < -0.39 is 0 Å². The van der Waals surface area contributed by atoms with Crippen LogP contribution in [0.25, 0.3) is 5.69 Å². The van der Waals surface area contributed by atoms with Gasteiger partial charge in [-0.15, -0.1) is 0 Å². The van der Waals surface area contributed by atoms with E-state index in [0.29, 0.717) is 35.8 Å². The number of rotatable bonds is 6. The van der Waals surface area contributed by atoms with Crippen LogP contribution in [-0.4, -0.2) is 28.0 Å². The zero-order valence-electron chi connectivity index (χ0n) is 23.1. The predicted molar refractivity (Wildman–Crippen MR) is 151 cm³/mol. The van der Waals surface area contributed by atoms with Gasteiger partial charge in [0, 0.05) is 12.8 Å². The van der Waals surface area contributed by atoms with Crippen LogP contribution >= 0.6 is 0 Å². The Morgan fingerprint density at radius 3 is 2.44 bits per heavy atom. The Morgan fingerprint density at radius 1 is 1.08 bits per heavy atom. The molecule has 0 amide bonds. The monoisotopic (exact) mass is 529 g/mol. The van der Waals surface area contributed by atoms with Gasteiger partial charge < -0.3 is 15.6 Å². The van der Waals surface area contributed by atoms with E-state index in [2.05, 4.69) is 26.6 Å². The van der Waals surface area contributed by atoms with Crippen molar-refractivity contribution in [3.05, 3.63) is 84.0 Å². The molecular formula is C33H40FN3O2. The van der Waals surface area contributed by atoms with E-state index in [1.54, 1.807) is 12.1 Å². The lowest BCUT2D eigenvalue weighted by Crippen LogP contribution is -2.53. The number of hydrogen-bond acceptors (Lipinski definition) is 4. The third kappa shape index (κ3) is 4.42. The molecule has 3 aliphatic carbocycles. The van der Waals surface area contributed by atoms with Crippen molar-refractivity contribution in [2.24, 2.45) is 40.2 Å². The zero-order valence-corrected chi connectivity index (χ0v) is 23.1. The first-order valence-corrected chi connectivity index (χ1v) is 14.4. The maximum atomic E-state index is 13.2. The van der Waals surface area contributed by atoms with E-state index in [9.17, 15) is 9.50 Å². The van der Waals surface area contributed by atoms with Gasteiger partial charge in [0.2, 0.25) is 0 Å². The van der Waals surface area contributed by atoms with Gasteiger partial charge >= 0.3 is 0 Å². The molecule has 2 saturated carbocycles. The Morgan fingerprint density at radius 2 is 1.77 bits per heavy atom. The smallest absolute Gasteiger partial charge is 0.127 e. The second kappa shape index (κ2) is 9.90. The van der Waals surface area contributed by atoms with Crippen LogP contribution in [0.1, 0.15) is 50.8 Å². The molecule has 2 aromatic carbocycles. The summed E-state index contributed by atoms with van der Waals surface area (Å²) in [4.78, 5) is 0. The van der Waals surface area contributed by atoms with Crippen LogP contribution in [0.3, 0.4) is 0 Å². The van der Waals surface area contributed by atoms with Crippen molar-refractivity contribution < 1.29 is 14.2 Å². The molecule has 6 atom stereocenters. The molecule has 0 aliphatic heterocycles. The molecule has 3 N–H and O–H groups in total. The van der Waals surface area contributed by atoms with Crippen molar-refractivity contribution in [2.75, 3.05) is 13.2 Å². The van der Waals surface area contributed by atoms with Crippen LogP contribution in [-0.2, 0) is 12.8 Å². The van der Waals surface area contributed by atoms with Gasteiger partial charge in [-0.2, -0.15) is 5.10 Å². The largest absolute Gasteiger partial charge is 0.457 e. The standard InChI is InChI=1S/C33H40FN3O2/c1-21-4-13-29-28(18-35)30(14-15-32(21,29)2)33(3)17-22-19-37(36-31(22)16-23(33)20-38)25-7-11-27(12-8-25)39-26-9-5-24(34)6-10-26/h5-12,19,23,28-30,38H,1,4,13-18,20,35H2,2-3H3/t23-,28+,29+,30+,32-,33+/m1/s1. The number of nitrogens with zero attached hydrogens (tertiary/aromatic N) is 2. The van der Waals surface area contributed by atoms with Gasteiger partial charge in [-0.3, -0.25) is 0 Å². The Kier molecular flexibility index (Phi) is 6.67. The van der Waals surface area contributed by atoms with Crippen molar-refractivity contribution in [3.8, 4) is 17.2 Å². The van der Waals surface area contributed by atoms with E-state index in [-0.39, 0.29) is 29.2 Å². The molecule has 3 aromatic rings. The van der Waals surface area contributed by atoms with E-state index in [0.717, 1.165) is 37.1 Å². The summed E-state index contributed by atoms with van der Waals surface area (Å²) in [6.45, 7) is 10.1. The lowest BCUT2D eigenvalue weighted by atomic mass is 9.49. The van der Waals surface area contributed by atoms with Crippen LogP contribution in [0.15, 0.2) is 66.9 Å². The molecule has 0 unspecified atom stereocenters. The number of aliphatic hydroxyl groups excluding tert-OH is 1. The SMILES string of the molecule is C=C1CC[C@H]2[C@H](CN)[C@@H]([C@@]3(C)Cc4cn(-c5ccc(Oc6ccc(F)cc6)cc5)nc4C[C@@H]3CO)CC[C@]12C. The Labute approximate surface area is 230 Å². The molecule has 0 bridgehead atoms. The van der Waals surface area contributed by atoms with Crippen LogP contribution in [0, 0.1) is 40.3 Å². The highest BCUT2D eigenvalue weighted by atomic mass is 19.1. The van der Waals surface area contributed by atoms with Crippen LogP contribution in [0.4, 0.5) is 4.39 Å². The van der Waals surface area contributed by atoms with E-state index in [4.69, 9.17) is 15.6 Å². The molecule has 0 saturated heterocycles. The topological polar surface area (TPSA) is 73.3 Å². The van der Waals surface area contributed by atoms with Gasteiger partial charge in [-0.05, 0) is 134 Å². The van der Waals surface area contributed by atoms with Crippen LogP contribution < -0.4 is 10.5 Å². The van der Waals surface area contributed by atoms with Crippen molar-refractivity contribution in [2.45, 2.75) is 52.4 Å². The number of aromatic nitrogens is 2. The summed E-state index contributed by atoms with van der Waals surface area (Å²) in [5, 5.41) is 15.6. The van der Waals surface area contributed by atoms with Crippen molar-refractivity contribution in [3.63, 3.8) is 0 Å². The van der Waals surface area contributed by atoms with Crippen molar-refractivity contribution >= 4 is 0 Å². The minimum Gasteiger partial charge on any atom is -0.457 e. The van der Waals surface area contributed by atoms with Crippen LogP contribution in [0.5, 0.6) is 11.5 Å². The third-order valence-electron chi connectivity index (χ3n) is 10.7. The van der Waals surface area contributed by atoms with Crippen LogP contribution in [0.2, 0.25) is 0 Å². The molecule has 6 heteroatoms. The average molecular weight is 530 g/mol. The quantitative estimate of drug-likeness (QED) is 0.359. The number of allylic oxidation sites excluding steroid dienone is 1. The molecule has 0 radical (unpaired) electrons. The Balaban J connectivity index is 1.24. The lowest BCUT2D eigenvalue weighted by molar-refractivity contribution is -0.0536. The molecule has 5 nitrogen and oxygen atoms in total. The molecule has 1 heterocycles. The number of hydrogen-bond donors (Lipinski definition) is 2. The number of benzene rings is 2. The summed E-state index contributed by atoms with van der Waals surface area (Å²) >= 11 is 0. The Bertz CT molecular complexity index is 1350. The number of aliphatic hydroxyl groups is 1. The Hall–Kier alpha value is -2.96. The summed E-state index contributed by atoms with van der Waals surface area (Å²) < 4.78 is 21.0. The van der Waals surface area contributed by atoms with Gasteiger partial charge in [0.1, 0.15) is 17.3 Å². The maximum absolute atomic E-state index is 13.2. The second-order valence-electron chi connectivity index (χ2n) is 12.6. The van der Waals surface area contributed by atoms with Gasteiger partial charge in [0.15, 0.2) is 0 Å². The maximum Gasteiger partial charge on any atom is 0.127 e. The summed E-state index contributed by atoms with van der Waals surface area (Å²) in [7, 11) is 0. The first-order chi connectivity index (χ1) is 18.7. The van der Waals surface area contributed by atoms with Crippen molar-refractivity contribution in [1.82, 2.24) is 9.78 Å². The first kappa shape index (κ1) is 26.3. The summed E-state index contributed by atoms with van der Waals surface area (Å²) in [6.07, 6.45) is 8.48. The fourth-order valence-corrected chi connectivity index (χ4v) is 8.27. The van der Waals surface area contributed by atoms with Gasteiger partial charge in [0.25, 0.3) is 0 Å². The summed E-state index contributed by atoms with van der Waals surface area (Å²) in [5.74, 6) is 2.66. The molecule has 39 heavy (non-hydrogen) atoms. The van der Waals surface area contributed by atoms with E-state index in [1.807, 2.05) is 28.9 Å². The lowest BCUT2D eigenvalue weighted by Gasteiger charge is -2.55. The number of halogens is 1. The second-order valence-corrected chi connectivity index (χ2v) is 12.6. The minimum absolute atomic E-state index is 0.0300. The number of fused-ring (bicyclic) bond motifs is 2.